The van der Waals surface area contributed by atoms with E-state index >= 15 is 0 Å². The molecule has 2 aliphatic heterocycles. The third-order valence-electron chi connectivity index (χ3n) is 3.80. The number of nitrogens with one attached hydrogen (secondary N) is 1. The normalized spacial score (nSPS) is 19.6. The molecule has 1 saturated heterocycles. The zero-order chi connectivity index (χ0) is 14.9. The summed E-state index contributed by atoms with van der Waals surface area (Å²) in [4.78, 5) is 1.88. The van der Waals surface area contributed by atoms with E-state index in [2.05, 4.69) is 5.32 Å². The molecule has 2 heterocycles. The summed E-state index contributed by atoms with van der Waals surface area (Å²) in [5.74, 6) is 1.11. The minimum Gasteiger partial charge on any atom is -0.454 e. The second kappa shape index (κ2) is 6.93. The molecular weight excluding hydrogens is 321 g/mol. The first-order valence-corrected chi connectivity index (χ1v) is 6.94. The number of hydrogen-bond donors (Lipinski definition) is 1. The predicted molar refractivity (Wildman–Crippen MR) is 77.7 cm³/mol. The first-order chi connectivity index (χ1) is 10.0. The quantitative estimate of drug-likeness (QED) is 0.919. The molecule has 0 amide bonds. The molecule has 1 aromatic carbocycles. The molecule has 0 saturated carbocycles. The Labute approximate surface area is 133 Å². The van der Waals surface area contributed by atoms with Crippen molar-refractivity contribution in [2.45, 2.75) is 18.6 Å². The predicted octanol–water partition coefficient (Wildman–Crippen LogP) is 2.74. The number of piperazine rings is 1. The van der Waals surface area contributed by atoms with Crippen molar-refractivity contribution >= 4 is 12.4 Å². The Balaban J connectivity index is 0.00000176. The Morgan fingerprint density at radius 3 is 2.50 bits per heavy atom. The van der Waals surface area contributed by atoms with Gasteiger partial charge >= 0.3 is 6.18 Å². The summed E-state index contributed by atoms with van der Waals surface area (Å²) in [6, 6.07) is 4.37. The molecule has 8 heteroatoms. The molecule has 0 radical (unpaired) electrons. The third-order valence-corrected chi connectivity index (χ3v) is 3.80. The zero-order valence-corrected chi connectivity index (χ0v) is 12.7. The van der Waals surface area contributed by atoms with Crippen molar-refractivity contribution in [1.82, 2.24) is 10.2 Å². The van der Waals surface area contributed by atoms with E-state index in [1.54, 1.807) is 18.2 Å². The summed E-state index contributed by atoms with van der Waals surface area (Å²) in [6.45, 7) is 2.75. The van der Waals surface area contributed by atoms with Crippen LogP contribution >= 0.6 is 12.4 Å². The summed E-state index contributed by atoms with van der Waals surface area (Å²) in [5, 5.41) is 3.16. The number of hydrogen-bond acceptors (Lipinski definition) is 4. The Kier molecular flexibility index (Phi) is 5.41. The van der Waals surface area contributed by atoms with Crippen LogP contribution in [0.4, 0.5) is 13.2 Å². The number of ether oxygens (including phenoxy) is 2. The molecule has 1 fully saturated rings. The van der Waals surface area contributed by atoms with Gasteiger partial charge in [0.05, 0.1) is 6.42 Å². The summed E-state index contributed by atoms with van der Waals surface area (Å²) in [6.07, 6.45) is -5.06. The van der Waals surface area contributed by atoms with E-state index in [4.69, 9.17) is 9.47 Å². The highest BCUT2D eigenvalue weighted by Crippen LogP contribution is 2.39. The summed E-state index contributed by atoms with van der Waals surface area (Å²) in [5.41, 5.74) is 0.624. The van der Waals surface area contributed by atoms with Gasteiger partial charge in [0.1, 0.15) is 0 Å². The fourth-order valence-electron chi connectivity index (χ4n) is 2.79. The molecule has 1 N–H and O–H groups in total. The molecule has 0 unspecified atom stereocenters. The minimum absolute atomic E-state index is 0. The molecule has 0 aliphatic carbocycles. The highest BCUT2D eigenvalue weighted by Gasteiger charge is 2.36. The topological polar surface area (TPSA) is 33.7 Å². The third kappa shape index (κ3) is 3.97. The number of rotatable bonds is 3. The number of halogens is 4. The zero-order valence-electron chi connectivity index (χ0n) is 11.9. The lowest BCUT2D eigenvalue weighted by Crippen LogP contribution is -2.46. The van der Waals surface area contributed by atoms with Crippen LogP contribution in [0.2, 0.25) is 0 Å². The van der Waals surface area contributed by atoms with Gasteiger partial charge in [0.15, 0.2) is 11.5 Å². The smallest absolute Gasteiger partial charge is 0.390 e. The van der Waals surface area contributed by atoms with Crippen LogP contribution in [0, 0.1) is 0 Å². The maximum absolute atomic E-state index is 12.9. The van der Waals surface area contributed by atoms with Crippen LogP contribution in [0.15, 0.2) is 18.2 Å². The molecule has 1 aromatic rings. The molecule has 1 atom stereocenters. The lowest BCUT2D eigenvalue weighted by atomic mass is 10.00. The summed E-state index contributed by atoms with van der Waals surface area (Å²) in [7, 11) is 0. The Morgan fingerprint density at radius 2 is 1.82 bits per heavy atom. The van der Waals surface area contributed by atoms with E-state index < -0.39 is 18.6 Å². The van der Waals surface area contributed by atoms with Crippen LogP contribution in [-0.2, 0) is 0 Å². The van der Waals surface area contributed by atoms with Gasteiger partial charge in [0, 0.05) is 32.2 Å². The van der Waals surface area contributed by atoms with Gasteiger partial charge in [-0.15, -0.1) is 12.4 Å². The second-order valence-electron chi connectivity index (χ2n) is 5.23. The maximum atomic E-state index is 12.9. The number of fused-ring (bicyclic) bond motifs is 1. The highest BCUT2D eigenvalue weighted by atomic mass is 35.5. The Hall–Kier alpha value is -1.18. The van der Waals surface area contributed by atoms with E-state index in [9.17, 15) is 13.2 Å². The Bertz CT molecular complexity index is 507. The number of nitrogens with zero attached hydrogens (tertiary/aromatic N) is 1. The van der Waals surface area contributed by atoms with Gasteiger partial charge in [-0.1, -0.05) is 6.07 Å². The van der Waals surface area contributed by atoms with E-state index in [0.29, 0.717) is 43.2 Å². The van der Waals surface area contributed by atoms with Gasteiger partial charge in [-0.3, -0.25) is 4.90 Å². The fraction of sp³-hybridized carbons (Fsp3) is 0.571. The van der Waals surface area contributed by atoms with E-state index in [1.165, 1.54) is 0 Å². The first kappa shape index (κ1) is 17.2. The SMILES string of the molecule is Cl.FC(F)(F)C[C@@H](c1ccc2c(c1)OCO2)N1CCNCC1. The van der Waals surface area contributed by atoms with Crippen molar-refractivity contribution in [2.24, 2.45) is 0 Å². The molecule has 0 aromatic heterocycles. The van der Waals surface area contributed by atoms with E-state index in [0.717, 1.165) is 0 Å². The van der Waals surface area contributed by atoms with Gasteiger partial charge in [0.25, 0.3) is 0 Å². The van der Waals surface area contributed by atoms with Crippen LogP contribution in [0.25, 0.3) is 0 Å². The molecule has 0 bridgehead atoms. The molecule has 3 rings (SSSR count). The highest BCUT2D eigenvalue weighted by molar-refractivity contribution is 5.85. The number of alkyl halides is 3. The van der Waals surface area contributed by atoms with Crippen molar-refractivity contribution < 1.29 is 22.6 Å². The lowest BCUT2D eigenvalue weighted by molar-refractivity contribution is -0.148. The van der Waals surface area contributed by atoms with Crippen LogP contribution in [0.1, 0.15) is 18.0 Å². The van der Waals surface area contributed by atoms with Crippen LogP contribution in [-0.4, -0.2) is 44.0 Å². The van der Waals surface area contributed by atoms with E-state index in [-0.39, 0.29) is 19.2 Å². The van der Waals surface area contributed by atoms with Gasteiger partial charge in [-0.2, -0.15) is 13.2 Å². The van der Waals surface area contributed by atoms with Gasteiger partial charge in [-0.05, 0) is 17.7 Å². The molecule has 124 valence electrons. The van der Waals surface area contributed by atoms with Gasteiger partial charge < -0.3 is 14.8 Å². The maximum Gasteiger partial charge on any atom is 0.390 e. The second-order valence-corrected chi connectivity index (χ2v) is 5.23. The molecule has 2 aliphatic rings. The minimum atomic E-state index is -4.20. The summed E-state index contributed by atoms with van der Waals surface area (Å²) < 4.78 is 49.3. The lowest BCUT2D eigenvalue weighted by Gasteiger charge is -2.35. The van der Waals surface area contributed by atoms with Crippen molar-refractivity contribution in [3.8, 4) is 11.5 Å². The first-order valence-electron chi connectivity index (χ1n) is 6.94. The van der Waals surface area contributed by atoms with Gasteiger partial charge in [0.2, 0.25) is 6.79 Å². The standard InChI is InChI=1S/C14H17F3N2O2.ClH/c15-14(16,17)8-11(19-5-3-18-4-6-19)10-1-2-12-13(7-10)21-9-20-12;/h1-2,7,11,18H,3-6,8-9H2;1H/t11-;/m0./s1. The summed E-state index contributed by atoms with van der Waals surface area (Å²) >= 11 is 0. The molecule has 0 spiro atoms. The average Bonchev–Trinajstić information content (AvgIpc) is 2.92. The molecular formula is C14H18ClF3N2O2. The van der Waals surface area contributed by atoms with Crippen molar-refractivity contribution in [2.75, 3.05) is 33.0 Å². The van der Waals surface area contributed by atoms with Crippen LogP contribution in [0.5, 0.6) is 11.5 Å². The van der Waals surface area contributed by atoms with Crippen molar-refractivity contribution in [3.63, 3.8) is 0 Å². The van der Waals surface area contributed by atoms with Crippen LogP contribution < -0.4 is 14.8 Å². The van der Waals surface area contributed by atoms with Gasteiger partial charge in [-0.25, -0.2) is 0 Å². The van der Waals surface area contributed by atoms with Crippen molar-refractivity contribution in [3.05, 3.63) is 23.8 Å². The monoisotopic (exact) mass is 338 g/mol. The van der Waals surface area contributed by atoms with Crippen molar-refractivity contribution in [1.29, 1.82) is 0 Å². The average molecular weight is 339 g/mol. The molecule has 22 heavy (non-hydrogen) atoms. The molecule has 4 nitrogen and oxygen atoms in total. The fourth-order valence-corrected chi connectivity index (χ4v) is 2.79. The largest absolute Gasteiger partial charge is 0.454 e. The number of benzene rings is 1. The van der Waals surface area contributed by atoms with E-state index in [1.807, 2.05) is 4.90 Å². The Morgan fingerprint density at radius 1 is 1.14 bits per heavy atom. The van der Waals surface area contributed by atoms with Crippen LogP contribution in [0.3, 0.4) is 0 Å².